The fourth-order valence-electron chi connectivity index (χ4n) is 3.78. The van der Waals surface area contributed by atoms with Crippen molar-refractivity contribution in [2.24, 2.45) is 5.92 Å². The van der Waals surface area contributed by atoms with Crippen molar-refractivity contribution in [2.75, 3.05) is 25.5 Å². The quantitative estimate of drug-likeness (QED) is 0.823. The van der Waals surface area contributed by atoms with Crippen molar-refractivity contribution < 1.29 is 9.18 Å². The van der Waals surface area contributed by atoms with E-state index in [1.54, 1.807) is 19.2 Å². The molecule has 0 spiro atoms. The number of nitrogens with zero attached hydrogens (tertiary/aromatic N) is 1. The third-order valence-electron chi connectivity index (χ3n) is 5.39. The first kappa shape index (κ1) is 19.4. The topological polar surface area (TPSA) is 44.4 Å². The third kappa shape index (κ3) is 5.30. The number of hydrogen-bond acceptors (Lipinski definition) is 2. The number of rotatable bonds is 5. The Morgan fingerprint density at radius 2 is 1.93 bits per heavy atom. The maximum absolute atomic E-state index is 13.4. The molecule has 0 aliphatic carbocycles. The van der Waals surface area contributed by atoms with Crippen LogP contribution in [0.5, 0.6) is 0 Å². The number of likely N-dealkylation sites (tertiary alicyclic amines) is 1. The lowest BCUT2D eigenvalue weighted by atomic mass is 9.90. The molecule has 2 amide bonds. The van der Waals surface area contributed by atoms with E-state index in [4.69, 9.17) is 0 Å². The highest BCUT2D eigenvalue weighted by Gasteiger charge is 2.21. The molecule has 2 aromatic rings. The number of carbonyl (C=O) groups is 1. The van der Waals surface area contributed by atoms with Gasteiger partial charge in [0.25, 0.3) is 0 Å². The molecule has 0 atom stereocenters. The molecule has 3 rings (SSSR count). The summed E-state index contributed by atoms with van der Waals surface area (Å²) in [7, 11) is 1.62. The maximum Gasteiger partial charge on any atom is 0.318 e. The monoisotopic (exact) mass is 369 g/mol. The van der Waals surface area contributed by atoms with E-state index in [1.807, 2.05) is 18.2 Å². The molecule has 4 nitrogen and oxygen atoms in total. The molecular formula is C22H28FN3O. The van der Waals surface area contributed by atoms with Crippen LogP contribution in [0.25, 0.3) is 0 Å². The van der Waals surface area contributed by atoms with E-state index in [0.717, 1.165) is 50.1 Å². The molecule has 5 heteroatoms. The van der Waals surface area contributed by atoms with E-state index >= 15 is 0 Å². The molecule has 1 aliphatic rings. The summed E-state index contributed by atoms with van der Waals surface area (Å²) in [4.78, 5) is 14.2. The minimum Gasteiger partial charge on any atom is -0.341 e. The van der Waals surface area contributed by atoms with E-state index in [2.05, 4.69) is 28.5 Å². The van der Waals surface area contributed by atoms with Gasteiger partial charge >= 0.3 is 6.03 Å². The summed E-state index contributed by atoms with van der Waals surface area (Å²) in [6, 6.07) is 12.8. The Kier molecular flexibility index (Phi) is 6.45. The summed E-state index contributed by atoms with van der Waals surface area (Å²) in [5.74, 6) is 0.448. The summed E-state index contributed by atoms with van der Waals surface area (Å²) in [5, 5.41) is 5.53. The fourth-order valence-corrected chi connectivity index (χ4v) is 3.78. The molecular weight excluding hydrogens is 341 g/mol. The van der Waals surface area contributed by atoms with Crippen molar-refractivity contribution in [2.45, 2.75) is 32.7 Å². The lowest BCUT2D eigenvalue weighted by molar-refractivity contribution is 0.177. The summed E-state index contributed by atoms with van der Waals surface area (Å²) in [6.07, 6.45) is 3.17. The summed E-state index contributed by atoms with van der Waals surface area (Å²) < 4.78 is 13.4. The van der Waals surface area contributed by atoms with Crippen molar-refractivity contribution in [1.82, 2.24) is 10.2 Å². The maximum atomic E-state index is 13.4. The second-order valence-corrected chi connectivity index (χ2v) is 7.36. The van der Waals surface area contributed by atoms with Gasteiger partial charge in [-0.1, -0.05) is 24.3 Å². The number of piperidine rings is 1. The minimum absolute atomic E-state index is 0.152. The van der Waals surface area contributed by atoms with Gasteiger partial charge in [0.05, 0.1) is 0 Å². The molecule has 2 aromatic carbocycles. The number of anilines is 1. The van der Waals surface area contributed by atoms with E-state index in [0.29, 0.717) is 5.92 Å². The van der Waals surface area contributed by atoms with Crippen LogP contribution < -0.4 is 10.6 Å². The summed E-state index contributed by atoms with van der Waals surface area (Å²) >= 11 is 0. The van der Waals surface area contributed by atoms with E-state index in [1.165, 1.54) is 17.2 Å². The highest BCUT2D eigenvalue weighted by molar-refractivity contribution is 5.90. The van der Waals surface area contributed by atoms with Gasteiger partial charge in [0.2, 0.25) is 0 Å². The number of amides is 2. The molecule has 1 saturated heterocycles. The van der Waals surface area contributed by atoms with Gasteiger partial charge in [0.15, 0.2) is 0 Å². The standard InChI is InChI=1S/C22H28FN3O/c1-16-5-3-8-21(25-22(27)24-2)20(16)15-26-11-9-17(10-12-26)13-18-6-4-7-19(23)14-18/h3-8,14,17H,9-13,15H2,1-2H3,(H2,24,25,27). The van der Waals surface area contributed by atoms with Crippen LogP contribution in [0, 0.1) is 18.7 Å². The Balaban J connectivity index is 1.58. The Morgan fingerprint density at radius 3 is 2.63 bits per heavy atom. The van der Waals surface area contributed by atoms with Crippen LogP contribution in [0.3, 0.4) is 0 Å². The number of nitrogens with one attached hydrogen (secondary N) is 2. The molecule has 0 aromatic heterocycles. The molecule has 0 radical (unpaired) electrons. The molecule has 144 valence electrons. The molecule has 1 heterocycles. The summed E-state index contributed by atoms with van der Waals surface area (Å²) in [5.41, 5.74) is 4.32. The largest absolute Gasteiger partial charge is 0.341 e. The first-order valence-electron chi connectivity index (χ1n) is 9.59. The lowest BCUT2D eigenvalue weighted by Crippen LogP contribution is -2.34. The zero-order valence-corrected chi connectivity index (χ0v) is 16.1. The molecule has 2 N–H and O–H groups in total. The van der Waals surface area contributed by atoms with Crippen LogP contribution in [-0.4, -0.2) is 31.1 Å². The number of aryl methyl sites for hydroxylation is 1. The Morgan fingerprint density at radius 1 is 1.19 bits per heavy atom. The van der Waals surface area contributed by atoms with E-state index in [9.17, 15) is 9.18 Å². The van der Waals surface area contributed by atoms with E-state index < -0.39 is 0 Å². The molecule has 0 saturated carbocycles. The Bertz CT molecular complexity index is 785. The van der Waals surface area contributed by atoms with Crippen molar-refractivity contribution >= 4 is 11.7 Å². The van der Waals surface area contributed by atoms with Crippen LogP contribution in [0.1, 0.15) is 29.5 Å². The van der Waals surface area contributed by atoms with Gasteiger partial charge in [0.1, 0.15) is 5.82 Å². The van der Waals surface area contributed by atoms with Crippen molar-refractivity contribution in [3.05, 3.63) is 65.0 Å². The number of urea groups is 1. The van der Waals surface area contributed by atoms with Gasteiger partial charge in [0, 0.05) is 19.3 Å². The predicted octanol–water partition coefficient (Wildman–Crippen LogP) is 4.34. The average molecular weight is 369 g/mol. The Hall–Kier alpha value is -2.40. The van der Waals surface area contributed by atoms with Crippen LogP contribution in [-0.2, 0) is 13.0 Å². The van der Waals surface area contributed by atoms with Gasteiger partial charge in [-0.25, -0.2) is 9.18 Å². The number of carbonyl (C=O) groups excluding carboxylic acids is 1. The second kappa shape index (κ2) is 9.00. The van der Waals surface area contributed by atoms with Gasteiger partial charge in [-0.05, 0) is 80.1 Å². The van der Waals surface area contributed by atoms with Gasteiger partial charge in [-0.2, -0.15) is 0 Å². The molecule has 0 unspecified atom stereocenters. The van der Waals surface area contributed by atoms with Gasteiger partial charge < -0.3 is 10.6 Å². The molecule has 0 bridgehead atoms. The lowest BCUT2D eigenvalue weighted by Gasteiger charge is -2.33. The number of benzene rings is 2. The highest BCUT2D eigenvalue weighted by Crippen LogP contribution is 2.26. The molecule has 27 heavy (non-hydrogen) atoms. The van der Waals surface area contributed by atoms with Crippen LogP contribution in [0.15, 0.2) is 42.5 Å². The first-order chi connectivity index (χ1) is 13.0. The molecule has 1 aliphatic heterocycles. The number of hydrogen-bond donors (Lipinski definition) is 2. The molecule has 1 fully saturated rings. The van der Waals surface area contributed by atoms with Crippen LogP contribution in [0.2, 0.25) is 0 Å². The van der Waals surface area contributed by atoms with Gasteiger partial charge in [-0.15, -0.1) is 0 Å². The second-order valence-electron chi connectivity index (χ2n) is 7.36. The van der Waals surface area contributed by atoms with Gasteiger partial charge in [-0.3, -0.25) is 4.90 Å². The highest BCUT2D eigenvalue weighted by atomic mass is 19.1. The van der Waals surface area contributed by atoms with Crippen molar-refractivity contribution in [3.8, 4) is 0 Å². The van der Waals surface area contributed by atoms with Crippen molar-refractivity contribution in [3.63, 3.8) is 0 Å². The number of halogens is 1. The smallest absolute Gasteiger partial charge is 0.318 e. The fraction of sp³-hybridized carbons (Fsp3) is 0.409. The summed E-state index contributed by atoms with van der Waals surface area (Å²) in [6.45, 7) is 4.96. The van der Waals surface area contributed by atoms with Crippen molar-refractivity contribution in [1.29, 1.82) is 0 Å². The zero-order valence-electron chi connectivity index (χ0n) is 16.1. The third-order valence-corrected chi connectivity index (χ3v) is 5.39. The van der Waals surface area contributed by atoms with E-state index in [-0.39, 0.29) is 11.8 Å². The Labute approximate surface area is 160 Å². The normalized spacial score (nSPS) is 15.5. The minimum atomic E-state index is -0.198. The SMILES string of the molecule is CNC(=O)Nc1cccc(C)c1CN1CCC(Cc2cccc(F)c2)CC1. The predicted molar refractivity (Wildman–Crippen MR) is 107 cm³/mol. The average Bonchev–Trinajstić information content (AvgIpc) is 2.66. The van der Waals surface area contributed by atoms with Crippen LogP contribution in [0.4, 0.5) is 14.9 Å². The zero-order chi connectivity index (χ0) is 19.2. The van der Waals surface area contributed by atoms with Crippen LogP contribution >= 0.6 is 0 Å². The first-order valence-corrected chi connectivity index (χ1v) is 9.59.